The first-order valence-corrected chi connectivity index (χ1v) is 41.5. The molecular weight excluding hydrogens is 1690 g/mol. The molecule has 6 aliphatic heterocycles. The summed E-state index contributed by atoms with van der Waals surface area (Å²) in [5.41, 5.74) is 13.1. The minimum absolute atomic E-state index is 0.0262. The number of aliphatic hydroxyl groups excluding tert-OH is 6. The molecule has 127 heavy (non-hydrogen) atoms. The van der Waals surface area contributed by atoms with Crippen LogP contribution in [0, 0.1) is 5.92 Å². The maximum atomic E-state index is 15.9. The van der Waals surface area contributed by atoms with Gasteiger partial charge in [0.25, 0.3) is 0 Å². The van der Waals surface area contributed by atoms with Crippen molar-refractivity contribution in [2.45, 2.75) is 183 Å². The van der Waals surface area contributed by atoms with Gasteiger partial charge in [0, 0.05) is 47.3 Å². The van der Waals surface area contributed by atoms with E-state index in [9.17, 15) is 79.8 Å². The Morgan fingerprint density at radius 1 is 0.685 bits per heavy atom. The fourth-order valence-corrected chi connectivity index (χ4v) is 15.9. The highest BCUT2D eigenvalue weighted by molar-refractivity contribution is 6.32. The molecule has 18 atom stereocenters. The van der Waals surface area contributed by atoms with Gasteiger partial charge in [-0.15, -0.1) is 0 Å². The SMILES string of the molecule is CCC1(NCc2ccc(N=C(N)NCc3ccc(-c4ccc(Cl)cc4)cc3)cc2)C[C@H](OC2C(O)[C@H](O)C(CO)O[C@H]2Oc2c3cc4cc2Oc2ccc(cc2Cl)[C@@H](O)[C@H](NC=O)C(=O)N[C@H](C(=O)O)c2cc(O)cc(O)c2-c2cc(ccc2O)[C@H](C)NC(=O)[C@@H]4NC(=O)C(CC(N)=O)NC(=O)[C@H](NC(=O)[C@@H](CC(C)C)NC)[C@H](O)c2ccc(cc2)O3)OC(C)[C@H]1O. The average Bonchev–Trinajstić information content (AvgIpc) is 0.823. The molecule has 23 N–H and O–H groups in total. The van der Waals surface area contributed by atoms with Crippen molar-refractivity contribution in [3.63, 3.8) is 0 Å². The van der Waals surface area contributed by atoms with E-state index in [-0.39, 0.29) is 77.7 Å². The Morgan fingerprint density at radius 2 is 1.32 bits per heavy atom. The zero-order chi connectivity index (χ0) is 91.6. The summed E-state index contributed by atoms with van der Waals surface area (Å²) in [7, 11) is 1.50. The number of nitrogens with zero attached hydrogens (tertiary/aromatic N) is 1. The molecule has 8 aromatic carbocycles. The van der Waals surface area contributed by atoms with Gasteiger partial charge in [-0.2, -0.15) is 0 Å². The lowest BCUT2D eigenvalue weighted by Crippen LogP contribution is -2.66. The lowest BCUT2D eigenvalue weighted by atomic mass is 9.80. The molecule has 0 aliphatic carbocycles. The van der Waals surface area contributed by atoms with Crippen molar-refractivity contribution in [1.82, 2.24) is 47.9 Å². The second-order valence-electron chi connectivity index (χ2n) is 31.7. The van der Waals surface area contributed by atoms with Gasteiger partial charge in [-0.1, -0.05) is 117 Å². The summed E-state index contributed by atoms with van der Waals surface area (Å²) in [4.78, 5) is 119. The number of rotatable bonds is 23. The summed E-state index contributed by atoms with van der Waals surface area (Å²) in [6.07, 6.45) is -18.1. The maximum Gasteiger partial charge on any atom is 0.330 e. The van der Waals surface area contributed by atoms with Crippen LogP contribution in [0.4, 0.5) is 5.69 Å². The van der Waals surface area contributed by atoms with Gasteiger partial charge in [0.1, 0.15) is 83.4 Å². The first-order chi connectivity index (χ1) is 60.6. The minimum atomic E-state index is -2.28. The van der Waals surface area contributed by atoms with Crippen LogP contribution in [0.1, 0.15) is 130 Å². The van der Waals surface area contributed by atoms with Crippen LogP contribution in [0.25, 0.3) is 22.3 Å². The monoisotopic (exact) mass is 1790 g/mol. The van der Waals surface area contributed by atoms with E-state index >= 15 is 9.59 Å². The first kappa shape index (κ1) is 93.9. The quantitative estimate of drug-likeness (QED) is 0.0217. The summed E-state index contributed by atoms with van der Waals surface area (Å²) >= 11 is 13.2. The van der Waals surface area contributed by atoms with Gasteiger partial charge < -0.3 is 139 Å². The molecule has 9 bridgehead atoms. The number of primary amides is 1. The number of phenolic OH excluding ortho intramolecular Hbond substituents is 3. The van der Waals surface area contributed by atoms with E-state index in [1.807, 2.05) is 81.4 Å². The maximum absolute atomic E-state index is 15.9. The number of hydrogen-bond acceptors (Lipinski definition) is 26. The fraction of sp³-hybridized carbons (Fsp3) is 0.360. The van der Waals surface area contributed by atoms with E-state index in [4.69, 9.17) is 63.1 Å². The van der Waals surface area contributed by atoms with Crippen molar-refractivity contribution < 1.29 is 118 Å². The van der Waals surface area contributed by atoms with E-state index in [2.05, 4.69) is 52.8 Å². The summed E-state index contributed by atoms with van der Waals surface area (Å²) < 4.78 is 39.9. The van der Waals surface area contributed by atoms with Crippen LogP contribution in [0.2, 0.25) is 10.0 Å². The molecule has 2 saturated heterocycles. The second kappa shape index (κ2) is 41.0. The summed E-state index contributed by atoms with van der Waals surface area (Å²) in [6.45, 7) is 8.07. The average molecular weight is 1790 g/mol. The van der Waals surface area contributed by atoms with Crippen molar-refractivity contribution in [3.05, 3.63) is 207 Å². The topological polar surface area (TPSA) is 567 Å². The number of nitrogens with one attached hydrogen (secondary N) is 9. The molecule has 6 unspecified atom stereocenters. The molecule has 0 radical (unpaired) electrons. The van der Waals surface area contributed by atoms with Gasteiger partial charge in [0.2, 0.25) is 53.9 Å². The highest BCUT2D eigenvalue weighted by Crippen LogP contribution is 2.50. The summed E-state index contributed by atoms with van der Waals surface area (Å²) in [5.74, 6) is -13.3. The Labute approximate surface area is 738 Å². The number of carbonyl (C=O) groups is 8. The molecule has 6 heterocycles. The predicted molar refractivity (Wildman–Crippen MR) is 460 cm³/mol. The molecule has 0 aromatic heterocycles. The number of aliphatic imine (C=N–C) groups is 1. The van der Waals surface area contributed by atoms with Gasteiger partial charge in [-0.3, -0.25) is 33.6 Å². The number of aromatic hydroxyl groups is 3. The van der Waals surface area contributed by atoms with Crippen LogP contribution in [0.5, 0.6) is 46.0 Å². The first-order valence-electron chi connectivity index (χ1n) is 40.7. The number of nitrogens with two attached hydrogens (primary N) is 2. The number of benzene rings is 8. The molecule has 38 heteroatoms. The lowest BCUT2D eigenvalue weighted by Gasteiger charge is -2.49. The third kappa shape index (κ3) is 22.1. The number of halogens is 2. The van der Waals surface area contributed by atoms with Crippen molar-refractivity contribution >= 4 is 82.7 Å². The summed E-state index contributed by atoms with van der Waals surface area (Å²) in [6, 6.07) is 25.9. The summed E-state index contributed by atoms with van der Waals surface area (Å²) in [5, 5.41) is 142. The molecule has 14 rings (SSSR count). The number of fused-ring (bicyclic) bond motifs is 16. The largest absolute Gasteiger partial charge is 0.508 e. The van der Waals surface area contributed by atoms with E-state index in [0.29, 0.717) is 17.3 Å². The van der Waals surface area contributed by atoms with E-state index in [1.54, 1.807) is 19.1 Å². The van der Waals surface area contributed by atoms with Crippen molar-refractivity contribution in [3.8, 4) is 68.2 Å². The van der Waals surface area contributed by atoms with E-state index in [0.717, 1.165) is 70.8 Å². The van der Waals surface area contributed by atoms with Crippen LogP contribution < -0.4 is 73.5 Å². The van der Waals surface area contributed by atoms with Crippen LogP contribution in [-0.4, -0.2) is 197 Å². The number of phenols is 3. The Morgan fingerprint density at radius 3 is 1.96 bits per heavy atom. The van der Waals surface area contributed by atoms with Gasteiger partial charge in [0.15, 0.2) is 35.9 Å². The molecule has 0 saturated carbocycles. The number of carboxylic acids is 1. The van der Waals surface area contributed by atoms with Gasteiger partial charge in [-0.25, -0.2) is 9.79 Å². The van der Waals surface area contributed by atoms with E-state index in [1.165, 1.54) is 50.4 Å². The molecule has 36 nitrogen and oxygen atoms in total. The standard InChI is InChI=1S/C89H100Cl2N12O24/c1-7-89(97-38-45-10-22-53(23-11-45)99-88(93)95-37-44-8-12-46(13-9-44)47-14-20-52(90)21-15-47)36-68(122-43(5)80(89)114)126-79-77(113)76(112)66(39-104)125-87(79)127-78-64-31-51-32-65(78)124-63-27-19-50(30-58(63)91)75(111)72(96-40-105)84(118)102-71(86(120)121)57-33-54(106)34-62(108)69(57)56-29-49(18-26-61(56)107)42(4)98-83(117)70(51)101-82(116)60(35-67(92)109)100-85(119)73(103-81(115)59(94-6)28-41(2)3)74(110)48-16-24-55(123-64)25-17-48/h8-27,29-34,40-43,59-60,66,68,70-77,79-80,87,94,97,104,106-108,110-114H,7,28,35-39H2,1-6H3,(H2,92,109)(H,96,105)(H,98,117)(H,100,119)(H,101,116)(H,102,118)(H,103,115)(H,120,121)(H3,93,95,99)/t42-,43?,59+,60?,66?,68-,70+,71-,72-,73+,74+,75+,76+,77?,79?,80+,87-,89?/m0/s1. The predicted octanol–water partition coefficient (Wildman–Crippen LogP) is 5.37. The number of aliphatic hydroxyl groups is 6. The molecule has 7 amide bonds. The van der Waals surface area contributed by atoms with Gasteiger partial charge >= 0.3 is 5.97 Å². The Balaban J connectivity index is 0.960. The number of aliphatic carboxylic acids is 1. The highest BCUT2D eigenvalue weighted by Gasteiger charge is 2.53. The van der Waals surface area contributed by atoms with E-state index < -0.39 is 220 Å². The number of ether oxygens (including phenoxy) is 6. The normalized spacial score (nSPS) is 25.5. The van der Waals surface area contributed by atoms with Crippen LogP contribution in [-0.2, 0) is 65.7 Å². The van der Waals surface area contributed by atoms with Crippen molar-refractivity contribution in [1.29, 1.82) is 0 Å². The second-order valence-corrected chi connectivity index (χ2v) is 32.6. The molecule has 8 aromatic rings. The fourth-order valence-electron chi connectivity index (χ4n) is 15.6. The number of amides is 7. The number of likely N-dealkylation sites (N-methyl/N-ethyl adjacent to an activating group) is 1. The highest BCUT2D eigenvalue weighted by atomic mass is 35.5. The Bertz CT molecular complexity index is 5370. The Hall–Kier alpha value is -12.3. The molecular formula is C89H100Cl2N12O24. The van der Waals surface area contributed by atoms with Crippen molar-refractivity contribution in [2.75, 3.05) is 13.7 Å². The zero-order valence-electron chi connectivity index (χ0n) is 69.5. The molecule has 6 aliphatic rings. The molecule has 2 fully saturated rings. The van der Waals surface area contributed by atoms with Gasteiger partial charge in [0.05, 0.1) is 53.6 Å². The van der Waals surface area contributed by atoms with Crippen LogP contribution in [0.3, 0.4) is 0 Å². The molecule has 674 valence electrons. The van der Waals surface area contributed by atoms with Crippen LogP contribution >= 0.6 is 23.2 Å². The van der Waals surface area contributed by atoms with Crippen molar-refractivity contribution in [2.24, 2.45) is 22.4 Å². The number of carboxylic acid groups (broad SMARTS) is 1. The van der Waals surface area contributed by atoms with Gasteiger partial charge in [-0.05, 0) is 163 Å². The Kier molecular flexibility index (Phi) is 30.3. The number of carbonyl (C=O) groups excluding carboxylic acids is 7. The zero-order valence-corrected chi connectivity index (χ0v) is 71.0. The number of hydrogen-bond donors (Lipinski definition) is 21. The molecule has 0 spiro atoms. The smallest absolute Gasteiger partial charge is 0.330 e. The van der Waals surface area contributed by atoms with Crippen LogP contribution in [0.15, 0.2) is 163 Å². The lowest BCUT2D eigenvalue weighted by molar-refractivity contribution is -0.335. The number of guanidine groups is 1. The third-order valence-corrected chi connectivity index (χ3v) is 23.1. The third-order valence-electron chi connectivity index (χ3n) is 22.5. The minimum Gasteiger partial charge on any atom is -0.508 e.